The number of rotatable bonds is 5. The standard InChI is InChI=1S/C28H34F3N3O2S/c29-28(30,31)20-2-3-23-22(16-20)21-14-19-17-34(9-4-18(19)15-24(21)33-23)10-5-27(6-11-36-12-7-27)25(35)26-32-8-1-13-37-26/h2-3,16,18-19,33H,1,4-15,17H2. The van der Waals surface area contributed by atoms with Crippen LogP contribution in [0.5, 0.6) is 0 Å². The van der Waals surface area contributed by atoms with Crippen molar-refractivity contribution in [1.82, 2.24) is 9.88 Å². The summed E-state index contributed by atoms with van der Waals surface area (Å²) in [6.45, 7) is 4.80. The average Bonchev–Trinajstić information content (AvgIpc) is 3.27. The number of aliphatic imine (C=N–C) groups is 1. The number of carbonyl (C=O) groups is 1. The Morgan fingerprint density at radius 2 is 2.05 bits per heavy atom. The highest BCUT2D eigenvalue weighted by Crippen LogP contribution is 2.42. The number of Topliss-reactive ketones (excluding diaryl/α,β-unsaturated/α-hetero) is 1. The fourth-order valence-electron chi connectivity index (χ4n) is 6.82. The van der Waals surface area contributed by atoms with Crippen molar-refractivity contribution in [3.8, 4) is 0 Å². The molecule has 2 aromatic rings. The van der Waals surface area contributed by atoms with Crippen molar-refractivity contribution in [2.75, 3.05) is 45.1 Å². The summed E-state index contributed by atoms with van der Waals surface area (Å²) in [5.41, 5.74) is 2.01. The molecule has 0 amide bonds. The quantitative estimate of drug-likeness (QED) is 0.550. The second-order valence-corrected chi connectivity index (χ2v) is 12.3. The highest BCUT2D eigenvalue weighted by atomic mass is 32.2. The fourth-order valence-corrected chi connectivity index (χ4v) is 7.82. The smallest absolute Gasteiger partial charge is 0.381 e. The normalized spacial score (nSPS) is 26.4. The first-order valence-electron chi connectivity index (χ1n) is 13.6. The molecule has 6 rings (SSSR count). The Morgan fingerprint density at radius 3 is 2.81 bits per heavy atom. The van der Waals surface area contributed by atoms with E-state index in [-0.39, 0.29) is 11.2 Å². The monoisotopic (exact) mass is 533 g/mol. The Morgan fingerprint density at radius 1 is 1.22 bits per heavy atom. The molecule has 0 saturated carbocycles. The van der Waals surface area contributed by atoms with Crippen molar-refractivity contribution in [2.24, 2.45) is 22.2 Å². The molecule has 2 atom stereocenters. The van der Waals surface area contributed by atoms with Crippen molar-refractivity contribution < 1.29 is 22.7 Å². The van der Waals surface area contributed by atoms with Crippen LogP contribution in [0.3, 0.4) is 0 Å². The van der Waals surface area contributed by atoms with Gasteiger partial charge in [-0.2, -0.15) is 13.2 Å². The summed E-state index contributed by atoms with van der Waals surface area (Å²) in [4.78, 5) is 24.1. The minimum absolute atomic E-state index is 0.219. The van der Waals surface area contributed by atoms with Crippen LogP contribution in [0.25, 0.3) is 10.9 Å². The Kier molecular flexibility index (Phi) is 6.90. The Labute approximate surface area is 219 Å². The van der Waals surface area contributed by atoms with Crippen LogP contribution in [0.1, 0.15) is 48.9 Å². The van der Waals surface area contributed by atoms with Crippen LogP contribution >= 0.6 is 11.8 Å². The molecule has 9 heteroatoms. The number of fused-ring (bicyclic) bond motifs is 4. The number of halogens is 3. The predicted octanol–water partition coefficient (Wildman–Crippen LogP) is 5.51. The lowest BCUT2D eigenvalue weighted by molar-refractivity contribution is -0.137. The van der Waals surface area contributed by atoms with Crippen LogP contribution < -0.4 is 0 Å². The summed E-state index contributed by atoms with van der Waals surface area (Å²) in [7, 11) is 0. The van der Waals surface area contributed by atoms with Crippen molar-refractivity contribution >= 4 is 33.5 Å². The summed E-state index contributed by atoms with van der Waals surface area (Å²) in [6.07, 6.45) is 1.82. The maximum atomic E-state index is 13.6. The van der Waals surface area contributed by atoms with E-state index in [9.17, 15) is 18.0 Å². The van der Waals surface area contributed by atoms with E-state index in [4.69, 9.17) is 4.74 Å². The first-order chi connectivity index (χ1) is 17.8. The molecule has 0 bridgehead atoms. The van der Waals surface area contributed by atoms with E-state index in [1.807, 2.05) is 0 Å². The number of hydrogen-bond donors (Lipinski definition) is 1. The van der Waals surface area contributed by atoms with Crippen LogP contribution in [-0.2, 0) is 28.5 Å². The molecule has 2 saturated heterocycles. The maximum Gasteiger partial charge on any atom is 0.416 e. The minimum atomic E-state index is -4.34. The molecule has 1 N–H and O–H groups in total. The van der Waals surface area contributed by atoms with Gasteiger partial charge >= 0.3 is 6.18 Å². The number of aromatic nitrogens is 1. The third-order valence-corrected chi connectivity index (χ3v) is 10.1. The lowest BCUT2D eigenvalue weighted by Gasteiger charge is -2.43. The van der Waals surface area contributed by atoms with E-state index in [0.717, 1.165) is 99.0 Å². The first kappa shape index (κ1) is 25.4. The van der Waals surface area contributed by atoms with E-state index < -0.39 is 11.7 Å². The number of alkyl halides is 3. The number of aromatic amines is 1. The molecule has 3 aliphatic heterocycles. The number of likely N-dealkylation sites (tertiary alicyclic amines) is 1. The molecule has 1 aliphatic carbocycles. The van der Waals surface area contributed by atoms with Crippen molar-refractivity contribution in [3.05, 3.63) is 35.0 Å². The Balaban J connectivity index is 1.16. The molecule has 4 heterocycles. The highest BCUT2D eigenvalue weighted by Gasteiger charge is 2.43. The van der Waals surface area contributed by atoms with Gasteiger partial charge in [0.1, 0.15) is 5.04 Å². The zero-order valence-electron chi connectivity index (χ0n) is 21.0. The van der Waals surface area contributed by atoms with Crippen molar-refractivity contribution in [3.63, 3.8) is 0 Å². The van der Waals surface area contributed by atoms with Gasteiger partial charge in [0.2, 0.25) is 0 Å². The topological polar surface area (TPSA) is 57.7 Å². The van der Waals surface area contributed by atoms with Gasteiger partial charge in [0.05, 0.1) is 5.56 Å². The van der Waals surface area contributed by atoms with Crippen LogP contribution in [-0.4, -0.2) is 65.9 Å². The number of piperidine rings is 1. The molecule has 0 spiro atoms. The molecule has 37 heavy (non-hydrogen) atoms. The third kappa shape index (κ3) is 4.99. The van der Waals surface area contributed by atoms with E-state index in [0.29, 0.717) is 30.1 Å². The molecule has 200 valence electrons. The van der Waals surface area contributed by atoms with Crippen LogP contribution in [0.4, 0.5) is 13.2 Å². The predicted molar refractivity (Wildman–Crippen MR) is 140 cm³/mol. The van der Waals surface area contributed by atoms with Gasteiger partial charge in [-0.1, -0.05) is 0 Å². The lowest BCUT2D eigenvalue weighted by atomic mass is 9.72. The number of ketones is 1. The molecule has 5 nitrogen and oxygen atoms in total. The van der Waals surface area contributed by atoms with Crippen LogP contribution in [0, 0.1) is 17.3 Å². The summed E-state index contributed by atoms with van der Waals surface area (Å²) >= 11 is 1.61. The number of H-pyrrole nitrogens is 1. The second-order valence-electron chi connectivity index (χ2n) is 11.2. The van der Waals surface area contributed by atoms with Gasteiger partial charge in [-0.15, -0.1) is 11.8 Å². The molecule has 4 aliphatic rings. The molecule has 2 unspecified atom stereocenters. The number of hydrogen-bond acceptors (Lipinski definition) is 5. The van der Waals surface area contributed by atoms with Gasteiger partial charge in [0.25, 0.3) is 0 Å². The molecule has 2 fully saturated rings. The van der Waals surface area contributed by atoms with Gasteiger partial charge < -0.3 is 14.6 Å². The number of ether oxygens (including phenoxy) is 1. The average molecular weight is 534 g/mol. The van der Waals surface area contributed by atoms with Crippen molar-refractivity contribution in [1.29, 1.82) is 0 Å². The Hall–Kier alpha value is -1.84. The van der Waals surface area contributed by atoms with Gasteiger partial charge in [-0.05, 0) is 93.6 Å². The third-order valence-electron chi connectivity index (χ3n) is 9.06. The summed E-state index contributed by atoms with van der Waals surface area (Å²) in [5, 5.41) is 1.43. The minimum Gasteiger partial charge on any atom is -0.381 e. The van der Waals surface area contributed by atoms with Crippen LogP contribution in [0.2, 0.25) is 0 Å². The molecule has 0 radical (unpaired) electrons. The maximum absolute atomic E-state index is 13.6. The van der Waals surface area contributed by atoms with Crippen LogP contribution in [0.15, 0.2) is 23.2 Å². The zero-order valence-corrected chi connectivity index (χ0v) is 21.9. The number of thioether (sulfide) groups is 1. The van der Waals surface area contributed by atoms with Gasteiger partial charge in [0.15, 0.2) is 5.78 Å². The van der Waals surface area contributed by atoms with E-state index in [1.165, 1.54) is 12.1 Å². The van der Waals surface area contributed by atoms with E-state index in [2.05, 4.69) is 14.9 Å². The number of nitrogens with one attached hydrogen (secondary N) is 1. The molecule has 1 aromatic heterocycles. The number of benzene rings is 1. The Bertz CT molecular complexity index is 1200. The highest BCUT2D eigenvalue weighted by molar-refractivity contribution is 8.15. The van der Waals surface area contributed by atoms with Crippen molar-refractivity contribution in [2.45, 2.75) is 51.1 Å². The zero-order chi connectivity index (χ0) is 25.6. The summed E-state index contributed by atoms with van der Waals surface area (Å²) in [5.74, 6) is 2.16. The van der Waals surface area contributed by atoms with Gasteiger partial charge in [0, 0.05) is 54.1 Å². The molecule has 1 aromatic carbocycles. The molecular weight excluding hydrogens is 499 g/mol. The lowest BCUT2D eigenvalue weighted by Crippen LogP contribution is -2.47. The number of nitrogens with zero attached hydrogens (tertiary/aromatic N) is 2. The summed E-state index contributed by atoms with van der Waals surface area (Å²) < 4.78 is 45.7. The number of carbonyl (C=O) groups excluding carboxylic acids is 1. The fraction of sp³-hybridized carbons (Fsp3) is 0.643. The summed E-state index contributed by atoms with van der Waals surface area (Å²) in [6, 6.07) is 4.06. The van der Waals surface area contributed by atoms with Gasteiger partial charge in [-0.25, -0.2) is 0 Å². The second kappa shape index (κ2) is 10.0. The molecular formula is C28H34F3N3O2S. The SMILES string of the molecule is O=C(C1=NCCCS1)C1(CCN2CCC3Cc4[nH]c5ccc(C(F)(F)F)cc5c4CC3C2)CCOCC1. The van der Waals surface area contributed by atoms with E-state index in [1.54, 1.807) is 17.8 Å². The van der Waals surface area contributed by atoms with E-state index >= 15 is 0 Å². The first-order valence-corrected chi connectivity index (χ1v) is 14.5. The largest absolute Gasteiger partial charge is 0.416 e. The van der Waals surface area contributed by atoms with Gasteiger partial charge in [-0.3, -0.25) is 9.79 Å².